The van der Waals surface area contributed by atoms with Crippen LogP contribution in [0, 0.1) is 0 Å². The zero-order valence-corrected chi connectivity index (χ0v) is 13.4. The van der Waals surface area contributed by atoms with Gasteiger partial charge < -0.3 is 10.2 Å². The fraction of sp³-hybridized carbons (Fsp3) is 0.571. The molecular formula is C14H20N6OS. The van der Waals surface area contributed by atoms with Crippen LogP contribution in [0.5, 0.6) is 0 Å². The van der Waals surface area contributed by atoms with Crippen LogP contribution >= 0.6 is 11.8 Å². The van der Waals surface area contributed by atoms with Gasteiger partial charge in [-0.1, -0.05) is 18.7 Å². The van der Waals surface area contributed by atoms with Gasteiger partial charge in [-0.25, -0.2) is 9.50 Å². The fourth-order valence-corrected chi connectivity index (χ4v) is 3.20. The Bertz CT molecular complexity index is 604. The lowest BCUT2D eigenvalue weighted by molar-refractivity contribution is -0.119. The highest BCUT2D eigenvalue weighted by Crippen LogP contribution is 2.14. The van der Waals surface area contributed by atoms with E-state index in [2.05, 4.69) is 32.2 Å². The molecule has 0 spiro atoms. The molecule has 7 nitrogen and oxygen atoms in total. The summed E-state index contributed by atoms with van der Waals surface area (Å²) in [6, 6.07) is 2.09. The Morgan fingerprint density at radius 1 is 1.45 bits per heavy atom. The second-order valence-electron chi connectivity index (χ2n) is 5.32. The molecular weight excluding hydrogens is 300 g/mol. The molecule has 0 aliphatic carbocycles. The highest BCUT2D eigenvalue weighted by atomic mass is 32.2. The number of hydrogen-bond acceptors (Lipinski definition) is 6. The first-order valence-electron chi connectivity index (χ1n) is 7.56. The third-order valence-electron chi connectivity index (χ3n) is 3.83. The van der Waals surface area contributed by atoms with Gasteiger partial charge in [-0.15, -0.1) is 5.10 Å². The Morgan fingerprint density at radius 2 is 2.27 bits per heavy atom. The summed E-state index contributed by atoms with van der Waals surface area (Å²) < 4.78 is 1.61. The lowest BCUT2D eigenvalue weighted by Gasteiger charge is -2.31. The Balaban J connectivity index is 1.46. The Labute approximate surface area is 133 Å². The van der Waals surface area contributed by atoms with E-state index in [4.69, 9.17) is 0 Å². The summed E-state index contributed by atoms with van der Waals surface area (Å²) in [7, 11) is 0. The number of amides is 1. The number of likely N-dealkylation sites (tertiary alicyclic amines) is 1. The second-order valence-corrected chi connectivity index (χ2v) is 6.27. The zero-order chi connectivity index (χ0) is 15.4. The first kappa shape index (κ1) is 15.2. The summed E-state index contributed by atoms with van der Waals surface area (Å²) in [5, 5.41) is 7.95. The molecule has 0 saturated carbocycles. The average molecular weight is 320 g/mol. The number of fused-ring (bicyclic) bond motifs is 1. The maximum Gasteiger partial charge on any atom is 0.253 e. The number of aromatic nitrogens is 4. The van der Waals surface area contributed by atoms with Gasteiger partial charge in [0.05, 0.1) is 5.75 Å². The molecule has 1 aliphatic rings. The van der Waals surface area contributed by atoms with E-state index in [-0.39, 0.29) is 5.91 Å². The van der Waals surface area contributed by atoms with E-state index in [9.17, 15) is 4.79 Å². The average Bonchev–Trinajstić information content (AvgIpc) is 2.96. The molecule has 0 bridgehead atoms. The second kappa shape index (κ2) is 7.06. The van der Waals surface area contributed by atoms with Crippen molar-refractivity contribution in [2.24, 2.45) is 0 Å². The third kappa shape index (κ3) is 3.75. The minimum Gasteiger partial charge on any atom is -0.353 e. The molecule has 118 valence electrons. The number of nitrogens with zero attached hydrogens (tertiary/aromatic N) is 5. The number of thioether (sulfide) groups is 1. The molecule has 1 amide bonds. The maximum atomic E-state index is 12.0. The van der Waals surface area contributed by atoms with Crippen LogP contribution in [0.25, 0.3) is 5.78 Å². The first-order chi connectivity index (χ1) is 10.7. The highest BCUT2D eigenvalue weighted by molar-refractivity contribution is 7.99. The Hall–Kier alpha value is -1.67. The van der Waals surface area contributed by atoms with Gasteiger partial charge in [-0.05, 0) is 25.5 Å². The van der Waals surface area contributed by atoms with E-state index < -0.39 is 0 Å². The number of hydrogen-bond donors (Lipinski definition) is 1. The van der Waals surface area contributed by atoms with Crippen LogP contribution in [0.1, 0.15) is 19.8 Å². The van der Waals surface area contributed by atoms with Crippen molar-refractivity contribution in [1.82, 2.24) is 29.8 Å². The predicted molar refractivity (Wildman–Crippen MR) is 84.8 cm³/mol. The van der Waals surface area contributed by atoms with Crippen LogP contribution in [0.3, 0.4) is 0 Å². The monoisotopic (exact) mass is 320 g/mol. The lowest BCUT2D eigenvalue weighted by atomic mass is 10.1. The quantitative estimate of drug-likeness (QED) is 0.822. The molecule has 0 atom stereocenters. The Kier molecular flexibility index (Phi) is 4.89. The fourth-order valence-electron chi connectivity index (χ4n) is 2.57. The summed E-state index contributed by atoms with van der Waals surface area (Å²) in [6.45, 7) is 5.39. The highest BCUT2D eigenvalue weighted by Gasteiger charge is 2.19. The van der Waals surface area contributed by atoms with Crippen molar-refractivity contribution in [1.29, 1.82) is 0 Å². The molecule has 2 aromatic rings. The van der Waals surface area contributed by atoms with Crippen molar-refractivity contribution in [3.63, 3.8) is 0 Å². The van der Waals surface area contributed by atoms with Gasteiger partial charge in [0, 0.05) is 31.5 Å². The topological polar surface area (TPSA) is 75.4 Å². The van der Waals surface area contributed by atoms with Crippen molar-refractivity contribution in [3.8, 4) is 0 Å². The van der Waals surface area contributed by atoms with Crippen LogP contribution in [0.15, 0.2) is 23.6 Å². The molecule has 1 aliphatic heterocycles. The zero-order valence-electron chi connectivity index (χ0n) is 12.6. The van der Waals surface area contributed by atoms with E-state index in [1.54, 1.807) is 23.0 Å². The van der Waals surface area contributed by atoms with E-state index >= 15 is 0 Å². The van der Waals surface area contributed by atoms with Gasteiger partial charge >= 0.3 is 0 Å². The Morgan fingerprint density at radius 3 is 3.00 bits per heavy atom. The summed E-state index contributed by atoms with van der Waals surface area (Å²) in [6.07, 6.45) is 5.52. The lowest BCUT2D eigenvalue weighted by Crippen LogP contribution is -2.45. The van der Waals surface area contributed by atoms with Crippen LogP contribution in [0.4, 0.5) is 0 Å². The molecule has 3 heterocycles. The van der Waals surface area contributed by atoms with Crippen LogP contribution in [0.2, 0.25) is 0 Å². The molecule has 2 aromatic heterocycles. The van der Waals surface area contributed by atoms with Gasteiger partial charge in [0.25, 0.3) is 5.78 Å². The summed E-state index contributed by atoms with van der Waals surface area (Å²) >= 11 is 1.34. The number of carbonyl (C=O) groups is 1. The smallest absolute Gasteiger partial charge is 0.253 e. The number of nitrogens with one attached hydrogen (secondary N) is 1. The predicted octanol–water partition coefficient (Wildman–Crippen LogP) is 0.817. The van der Waals surface area contributed by atoms with Gasteiger partial charge in [0.2, 0.25) is 11.1 Å². The third-order valence-corrected chi connectivity index (χ3v) is 4.67. The van der Waals surface area contributed by atoms with Crippen LogP contribution < -0.4 is 5.32 Å². The molecule has 0 aromatic carbocycles. The van der Waals surface area contributed by atoms with Crippen LogP contribution in [-0.4, -0.2) is 61.8 Å². The van der Waals surface area contributed by atoms with Gasteiger partial charge in [0.15, 0.2) is 0 Å². The number of piperidine rings is 1. The molecule has 8 heteroatoms. The summed E-state index contributed by atoms with van der Waals surface area (Å²) in [4.78, 5) is 22.8. The van der Waals surface area contributed by atoms with Crippen molar-refractivity contribution in [2.45, 2.75) is 31.0 Å². The van der Waals surface area contributed by atoms with Gasteiger partial charge in [-0.3, -0.25) is 4.79 Å². The van der Waals surface area contributed by atoms with E-state index in [0.717, 1.165) is 32.5 Å². The molecule has 1 fully saturated rings. The SMILES string of the molecule is CCN1CCC(NC(=O)CSc2nc3ncccn3n2)CC1. The molecule has 0 radical (unpaired) electrons. The summed E-state index contributed by atoms with van der Waals surface area (Å²) in [5.41, 5.74) is 0. The maximum absolute atomic E-state index is 12.0. The van der Waals surface area contributed by atoms with Crippen LogP contribution in [-0.2, 0) is 4.79 Å². The minimum atomic E-state index is 0.0479. The van der Waals surface area contributed by atoms with Gasteiger partial charge in [0.1, 0.15) is 0 Å². The van der Waals surface area contributed by atoms with Crippen molar-refractivity contribution >= 4 is 23.4 Å². The number of rotatable bonds is 5. The van der Waals surface area contributed by atoms with E-state index in [0.29, 0.717) is 22.7 Å². The molecule has 3 rings (SSSR count). The van der Waals surface area contributed by atoms with Crippen molar-refractivity contribution in [2.75, 3.05) is 25.4 Å². The largest absolute Gasteiger partial charge is 0.353 e. The normalized spacial score (nSPS) is 17.0. The standard InChI is InChI=1S/C14H20N6OS/c1-2-19-8-4-11(5-9-19)16-12(21)10-22-14-17-13-15-6-3-7-20(13)18-14/h3,6-7,11H,2,4-5,8-10H2,1H3,(H,16,21). The molecule has 22 heavy (non-hydrogen) atoms. The van der Waals surface area contributed by atoms with Crippen molar-refractivity contribution in [3.05, 3.63) is 18.5 Å². The van der Waals surface area contributed by atoms with E-state index in [1.165, 1.54) is 11.8 Å². The van der Waals surface area contributed by atoms with Gasteiger partial charge in [-0.2, -0.15) is 4.98 Å². The minimum absolute atomic E-state index is 0.0479. The van der Waals surface area contributed by atoms with E-state index in [1.807, 2.05) is 0 Å². The molecule has 1 saturated heterocycles. The van der Waals surface area contributed by atoms with Crippen molar-refractivity contribution < 1.29 is 4.79 Å². The summed E-state index contributed by atoms with van der Waals surface area (Å²) in [5.74, 6) is 0.939. The molecule has 0 unspecified atom stereocenters. The molecule has 1 N–H and O–H groups in total. The number of carbonyl (C=O) groups excluding carboxylic acids is 1. The first-order valence-corrected chi connectivity index (χ1v) is 8.55.